The zero-order chi connectivity index (χ0) is 16.7. The highest BCUT2D eigenvalue weighted by atomic mass is 16.5. The van der Waals surface area contributed by atoms with Gasteiger partial charge in [0.15, 0.2) is 0 Å². The molecule has 2 aromatic rings. The third-order valence-corrected chi connectivity index (χ3v) is 3.82. The number of para-hydroxylation sites is 1. The molecule has 0 bridgehead atoms. The Bertz CT molecular complexity index is 668. The van der Waals surface area contributed by atoms with E-state index in [2.05, 4.69) is 4.98 Å². The maximum absolute atomic E-state index is 12.3. The van der Waals surface area contributed by atoms with Crippen LogP contribution in [0.5, 0.6) is 5.75 Å². The summed E-state index contributed by atoms with van der Waals surface area (Å²) in [5.41, 5.74) is 2.00. The first-order valence-electron chi connectivity index (χ1n) is 7.58. The van der Waals surface area contributed by atoms with E-state index in [0.717, 1.165) is 23.3 Å². The third kappa shape index (κ3) is 4.68. The fourth-order valence-electron chi connectivity index (χ4n) is 2.30. The third-order valence-electron chi connectivity index (χ3n) is 3.82. The van der Waals surface area contributed by atoms with Crippen LogP contribution in [0.3, 0.4) is 0 Å². The molecular formula is C19H22N2O2. The molecule has 4 heteroatoms. The van der Waals surface area contributed by atoms with E-state index >= 15 is 0 Å². The molecule has 0 N–H and O–H groups in total. The van der Waals surface area contributed by atoms with Gasteiger partial charge in [0.2, 0.25) is 5.91 Å². The average molecular weight is 310 g/mol. The lowest BCUT2D eigenvalue weighted by Gasteiger charge is -2.24. The number of methoxy groups -OCH3 is 1. The van der Waals surface area contributed by atoms with E-state index in [9.17, 15) is 4.79 Å². The number of nitrogens with zero attached hydrogens (tertiary/aromatic N) is 2. The van der Waals surface area contributed by atoms with Gasteiger partial charge in [-0.15, -0.1) is 0 Å². The Morgan fingerprint density at radius 1 is 1.30 bits per heavy atom. The highest BCUT2D eigenvalue weighted by molar-refractivity contribution is 5.91. The van der Waals surface area contributed by atoms with Crippen LogP contribution in [0.15, 0.2) is 54.9 Å². The fourth-order valence-corrected chi connectivity index (χ4v) is 2.30. The zero-order valence-corrected chi connectivity index (χ0v) is 13.8. The number of amides is 1. The quantitative estimate of drug-likeness (QED) is 0.770. The number of rotatable bonds is 6. The van der Waals surface area contributed by atoms with E-state index in [1.54, 1.807) is 36.6 Å². The molecule has 0 aliphatic heterocycles. The van der Waals surface area contributed by atoms with Crippen molar-refractivity contribution in [1.82, 2.24) is 9.88 Å². The van der Waals surface area contributed by atoms with Crippen LogP contribution in [0.1, 0.15) is 18.1 Å². The van der Waals surface area contributed by atoms with Crippen molar-refractivity contribution < 1.29 is 9.53 Å². The Morgan fingerprint density at radius 3 is 2.78 bits per heavy atom. The van der Waals surface area contributed by atoms with Crippen LogP contribution in [0.2, 0.25) is 0 Å². The monoisotopic (exact) mass is 310 g/mol. The number of ether oxygens (including phenoxy) is 1. The number of hydrogen-bond donors (Lipinski definition) is 0. The molecule has 0 saturated carbocycles. The minimum Gasteiger partial charge on any atom is -0.496 e. The van der Waals surface area contributed by atoms with E-state index < -0.39 is 0 Å². The smallest absolute Gasteiger partial charge is 0.246 e. The first-order valence-corrected chi connectivity index (χ1v) is 7.58. The van der Waals surface area contributed by atoms with Crippen molar-refractivity contribution in [3.63, 3.8) is 0 Å². The summed E-state index contributed by atoms with van der Waals surface area (Å²) in [6, 6.07) is 11.7. The van der Waals surface area contributed by atoms with Gasteiger partial charge in [0.1, 0.15) is 5.75 Å². The maximum atomic E-state index is 12.3. The molecule has 1 aromatic heterocycles. The Labute approximate surface area is 137 Å². The number of hydrogen-bond acceptors (Lipinski definition) is 3. The normalized spacial score (nSPS) is 12.1. The fraction of sp³-hybridized carbons (Fsp3) is 0.263. The predicted octanol–water partition coefficient (Wildman–Crippen LogP) is 3.19. The maximum Gasteiger partial charge on any atom is 0.246 e. The SMILES string of the molecule is COc1ccccc1C[C@@H](C)N(C)C(=O)/C=C/c1cccnc1. The molecule has 1 amide bonds. The van der Waals surface area contributed by atoms with Crippen LogP contribution in [0.4, 0.5) is 0 Å². The van der Waals surface area contributed by atoms with Crippen molar-refractivity contribution >= 4 is 12.0 Å². The largest absolute Gasteiger partial charge is 0.496 e. The molecule has 0 aliphatic rings. The standard InChI is InChI=1S/C19H22N2O2/c1-15(13-17-8-4-5-9-18(17)23-3)21(2)19(22)11-10-16-7-6-12-20-14-16/h4-12,14-15H,13H2,1-3H3/b11-10+/t15-/m1/s1. The Hall–Kier alpha value is -2.62. The number of pyridine rings is 1. The summed E-state index contributed by atoms with van der Waals surface area (Å²) >= 11 is 0. The van der Waals surface area contributed by atoms with Crippen LogP contribution in [-0.2, 0) is 11.2 Å². The summed E-state index contributed by atoms with van der Waals surface area (Å²) in [7, 11) is 3.48. The zero-order valence-electron chi connectivity index (χ0n) is 13.8. The predicted molar refractivity (Wildman–Crippen MR) is 92.2 cm³/mol. The summed E-state index contributed by atoms with van der Waals surface area (Å²) in [6.45, 7) is 2.03. The van der Waals surface area contributed by atoms with E-state index in [1.807, 2.05) is 50.4 Å². The number of carbonyl (C=O) groups excluding carboxylic acids is 1. The molecule has 0 unspecified atom stereocenters. The average Bonchev–Trinajstić information content (AvgIpc) is 2.60. The lowest BCUT2D eigenvalue weighted by Crippen LogP contribution is -2.35. The Morgan fingerprint density at radius 2 is 2.09 bits per heavy atom. The second kappa shape index (κ2) is 8.13. The summed E-state index contributed by atoms with van der Waals surface area (Å²) < 4.78 is 5.37. The highest BCUT2D eigenvalue weighted by Gasteiger charge is 2.15. The van der Waals surface area contributed by atoms with E-state index in [-0.39, 0.29) is 11.9 Å². The van der Waals surface area contributed by atoms with Crippen molar-refractivity contribution in [1.29, 1.82) is 0 Å². The van der Waals surface area contributed by atoms with Gasteiger partial charge in [-0.05, 0) is 42.7 Å². The molecule has 4 nitrogen and oxygen atoms in total. The first-order chi connectivity index (χ1) is 11.1. The van der Waals surface area contributed by atoms with E-state index in [0.29, 0.717) is 0 Å². The van der Waals surface area contributed by atoms with Crippen molar-refractivity contribution in [3.8, 4) is 5.75 Å². The van der Waals surface area contributed by atoms with Crippen molar-refractivity contribution in [2.75, 3.05) is 14.2 Å². The molecule has 0 radical (unpaired) electrons. The summed E-state index contributed by atoms with van der Waals surface area (Å²) in [5.74, 6) is 0.822. The molecule has 0 fully saturated rings. The van der Waals surface area contributed by atoms with Crippen LogP contribution in [0.25, 0.3) is 6.08 Å². The molecule has 1 heterocycles. The van der Waals surface area contributed by atoms with Gasteiger partial charge in [-0.25, -0.2) is 0 Å². The van der Waals surface area contributed by atoms with Crippen molar-refractivity contribution in [3.05, 3.63) is 66.0 Å². The van der Waals surface area contributed by atoms with Gasteiger partial charge in [0, 0.05) is 31.6 Å². The van der Waals surface area contributed by atoms with Crippen molar-refractivity contribution in [2.24, 2.45) is 0 Å². The molecule has 120 valence electrons. The van der Waals surface area contributed by atoms with Gasteiger partial charge in [-0.1, -0.05) is 24.3 Å². The summed E-state index contributed by atoms with van der Waals surface area (Å²) in [5, 5.41) is 0. The lowest BCUT2D eigenvalue weighted by molar-refractivity contribution is -0.126. The molecule has 1 aromatic carbocycles. The van der Waals surface area contributed by atoms with Gasteiger partial charge in [0.25, 0.3) is 0 Å². The Kier molecular flexibility index (Phi) is 5.92. The lowest BCUT2D eigenvalue weighted by atomic mass is 10.0. The van der Waals surface area contributed by atoms with Crippen LogP contribution < -0.4 is 4.74 Å². The van der Waals surface area contributed by atoms with Crippen LogP contribution in [-0.4, -0.2) is 36.0 Å². The molecular weight excluding hydrogens is 288 g/mol. The van der Waals surface area contributed by atoms with E-state index in [4.69, 9.17) is 4.74 Å². The van der Waals surface area contributed by atoms with Gasteiger partial charge < -0.3 is 9.64 Å². The number of aromatic nitrogens is 1. The number of likely N-dealkylation sites (N-methyl/N-ethyl adjacent to an activating group) is 1. The van der Waals surface area contributed by atoms with Crippen LogP contribution in [0, 0.1) is 0 Å². The summed E-state index contributed by atoms with van der Waals surface area (Å²) in [6.07, 6.45) is 7.53. The number of benzene rings is 1. The molecule has 0 saturated heterocycles. The molecule has 1 atom stereocenters. The Balaban J connectivity index is 2.00. The van der Waals surface area contributed by atoms with Gasteiger partial charge in [-0.3, -0.25) is 9.78 Å². The second-order valence-corrected chi connectivity index (χ2v) is 5.43. The molecule has 0 aliphatic carbocycles. The minimum absolute atomic E-state index is 0.0312. The second-order valence-electron chi connectivity index (χ2n) is 5.43. The minimum atomic E-state index is -0.0312. The summed E-state index contributed by atoms with van der Waals surface area (Å²) in [4.78, 5) is 18.1. The highest BCUT2D eigenvalue weighted by Crippen LogP contribution is 2.20. The molecule has 0 spiro atoms. The van der Waals surface area contributed by atoms with Crippen LogP contribution >= 0.6 is 0 Å². The topological polar surface area (TPSA) is 42.4 Å². The molecule has 2 rings (SSSR count). The van der Waals surface area contributed by atoms with Gasteiger partial charge >= 0.3 is 0 Å². The molecule has 23 heavy (non-hydrogen) atoms. The number of carbonyl (C=O) groups is 1. The first kappa shape index (κ1) is 16.7. The van der Waals surface area contributed by atoms with Crippen molar-refractivity contribution in [2.45, 2.75) is 19.4 Å². The van der Waals surface area contributed by atoms with Gasteiger partial charge in [0.05, 0.1) is 7.11 Å². The van der Waals surface area contributed by atoms with E-state index in [1.165, 1.54) is 0 Å². The van der Waals surface area contributed by atoms with Gasteiger partial charge in [-0.2, -0.15) is 0 Å².